The fourth-order valence-electron chi connectivity index (χ4n) is 2.48. The highest BCUT2D eigenvalue weighted by molar-refractivity contribution is 5.50. The lowest BCUT2D eigenvalue weighted by atomic mass is 10.0. The molecule has 4 rings (SSSR count). The molecule has 3 saturated heterocycles. The van der Waals surface area contributed by atoms with Gasteiger partial charge in [-0.3, -0.25) is 4.90 Å². The van der Waals surface area contributed by atoms with Crippen molar-refractivity contribution in [1.29, 1.82) is 0 Å². The van der Waals surface area contributed by atoms with Crippen molar-refractivity contribution < 1.29 is 13.2 Å². The molecule has 6 heteroatoms. The maximum atomic E-state index is 12.9. The molecule has 0 aliphatic carbocycles. The molecule has 0 radical (unpaired) electrons. The Hall–Kier alpha value is -1.30. The van der Waals surface area contributed by atoms with Crippen LogP contribution in [0.4, 0.5) is 19.0 Å². The van der Waals surface area contributed by atoms with Gasteiger partial charge < -0.3 is 4.90 Å². The van der Waals surface area contributed by atoms with E-state index < -0.39 is 11.7 Å². The zero-order chi connectivity index (χ0) is 12.0. The van der Waals surface area contributed by atoms with Crippen LogP contribution in [0.2, 0.25) is 0 Å². The van der Waals surface area contributed by atoms with Gasteiger partial charge in [-0.2, -0.15) is 13.2 Å². The van der Waals surface area contributed by atoms with Gasteiger partial charge in [0.25, 0.3) is 0 Å². The molecule has 4 heterocycles. The van der Waals surface area contributed by atoms with Crippen molar-refractivity contribution in [1.82, 2.24) is 9.88 Å². The monoisotopic (exact) mass is 243 g/mol. The molecule has 0 atom stereocenters. The third kappa shape index (κ3) is 1.76. The molecular formula is C11H12F3N3. The van der Waals surface area contributed by atoms with E-state index in [0.717, 1.165) is 25.7 Å². The fraction of sp³-hybridized carbons (Fsp3) is 0.545. The number of piperazine rings is 2. The Morgan fingerprint density at radius 2 is 2.00 bits per heavy atom. The molecule has 0 spiro atoms. The van der Waals surface area contributed by atoms with Gasteiger partial charge in [0.1, 0.15) is 5.82 Å². The molecule has 3 nitrogen and oxygen atoms in total. The van der Waals surface area contributed by atoms with Crippen LogP contribution in [0.25, 0.3) is 0 Å². The molecule has 0 amide bonds. The van der Waals surface area contributed by atoms with Crippen LogP contribution in [0.3, 0.4) is 0 Å². The number of nitrogens with zero attached hydrogens (tertiary/aromatic N) is 3. The molecule has 0 saturated carbocycles. The number of alkyl halides is 3. The number of hydrogen-bond donors (Lipinski definition) is 0. The smallest absolute Gasteiger partial charge is 0.349 e. The van der Waals surface area contributed by atoms with Crippen molar-refractivity contribution in [2.45, 2.75) is 12.2 Å². The molecule has 3 aliphatic rings. The highest BCUT2D eigenvalue weighted by Crippen LogP contribution is 2.37. The van der Waals surface area contributed by atoms with Gasteiger partial charge in [-0.05, 0) is 12.1 Å². The van der Waals surface area contributed by atoms with Crippen LogP contribution in [0.5, 0.6) is 0 Å². The van der Waals surface area contributed by atoms with E-state index in [4.69, 9.17) is 0 Å². The van der Waals surface area contributed by atoms with Gasteiger partial charge in [0.05, 0.1) is 11.6 Å². The Kier molecular flexibility index (Phi) is 2.29. The molecule has 3 fully saturated rings. The minimum Gasteiger partial charge on any atom is -0.349 e. The second-order valence-electron chi connectivity index (χ2n) is 4.48. The second-order valence-corrected chi connectivity index (χ2v) is 4.48. The van der Waals surface area contributed by atoms with Gasteiger partial charge in [0.2, 0.25) is 0 Å². The number of pyridine rings is 1. The Morgan fingerprint density at radius 3 is 2.59 bits per heavy atom. The van der Waals surface area contributed by atoms with Crippen molar-refractivity contribution in [3.8, 4) is 0 Å². The summed E-state index contributed by atoms with van der Waals surface area (Å²) in [6, 6.07) is 2.64. The van der Waals surface area contributed by atoms with Crippen LogP contribution in [0, 0.1) is 0 Å². The van der Waals surface area contributed by atoms with Gasteiger partial charge in [-0.15, -0.1) is 0 Å². The quantitative estimate of drug-likeness (QED) is 0.747. The van der Waals surface area contributed by atoms with Crippen LogP contribution in [-0.4, -0.2) is 42.1 Å². The number of anilines is 1. The highest BCUT2D eigenvalue weighted by atomic mass is 19.4. The Balaban J connectivity index is 1.96. The lowest BCUT2D eigenvalue weighted by Gasteiger charge is -2.52. The van der Waals surface area contributed by atoms with Gasteiger partial charge in [-0.25, -0.2) is 4.98 Å². The zero-order valence-electron chi connectivity index (χ0n) is 9.11. The second kappa shape index (κ2) is 3.60. The largest absolute Gasteiger partial charge is 0.419 e. The van der Waals surface area contributed by atoms with E-state index in [-0.39, 0.29) is 11.9 Å². The summed E-state index contributed by atoms with van der Waals surface area (Å²) >= 11 is 0. The fourth-order valence-corrected chi connectivity index (χ4v) is 2.48. The predicted molar refractivity (Wildman–Crippen MR) is 56.8 cm³/mol. The maximum Gasteiger partial charge on any atom is 0.419 e. The van der Waals surface area contributed by atoms with E-state index in [1.165, 1.54) is 12.3 Å². The average molecular weight is 243 g/mol. The summed E-state index contributed by atoms with van der Waals surface area (Å²) < 4.78 is 38.6. The SMILES string of the molecule is FC(F)(F)c1cccnc1N1CCN2CC1C2. The van der Waals surface area contributed by atoms with E-state index in [9.17, 15) is 13.2 Å². The first-order chi connectivity index (χ1) is 8.05. The van der Waals surface area contributed by atoms with Crippen LogP contribution in [0.15, 0.2) is 18.3 Å². The Morgan fingerprint density at radius 1 is 1.24 bits per heavy atom. The predicted octanol–water partition coefficient (Wildman–Crippen LogP) is 1.60. The molecule has 0 aromatic carbocycles. The summed E-state index contributed by atoms with van der Waals surface area (Å²) in [5, 5.41) is 0. The van der Waals surface area contributed by atoms with E-state index in [0.29, 0.717) is 6.54 Å². The number of fused-ring (bicyclic) bond motifs is 2. The first kappa shape index (κ1) is 10.8. The Labute approximate surface area is 96.8 Å². The van der Waals surface area contributed by atoms with Crippen LogP contribution in [0.1, 0.15) is 5.56 Å². The first-order valence-electron chi connectivity index (χ1n) is 5.57. The normalized spacial score (nSPS) is 27.8. The molecule has 3 aliphatic heterocycles. The van der Waals surface area contributed by atoms with Crippen LogP contribution in [-0.2, 0) is 6.18 Å². The first-order valence-corrected chi connectivity index (χ1v) is 5.57. The van der Waals surface area contributed by atoms with Crippen molar-refractivity contribution in [2.75, 3.05) is 31.1 Å². The average Bonchev–Trinajstić information content (AvgIpc) is 2.27. The summed E-state index contributed by atoms with van der Waals surface area (Å²) in [4.78, 5) is 7.96. The van der Waals surface area contributed by atoms with Gasteiger partial charge in [0.15, 0.2) is 0 Å². The Bertz CT molecular complexity index is 423. The van der Waals surface area contributed by atoms with Crippen molar-refractivity contribution in [3.05, 3.63) is 23.9 Å². The van der Waals surface area contributed by atoms with Crippen molar-refractivity contribution >= 4 is 5.82 Å². The number of halogens is 3. The van der Waals surface area contributed by atoms with Gasteiger partial charge in [0, 0.05) is 32.4 Å². The maximum absolute atomic E-state index is 12.9. The van der Waals surface area contributed by atoms with E-state index >= 15 is 0 Å². The molecule has 1 aromatic rings. The molecule has 1 aromatic heterocycles. The molecule has 2 bridgehead atoms. The summed E-state index contributed by atoms with van der Waals surface area (Å²) in [5.74, 6) is 0.0874. The molecule has 92 valence electrons. The van der Waals surface area contributed by atoms with E-state index in [1.54, 1.807) is 4.90 Å². The molecule has 0 unspecified atom stereocenters. The third-order valence-electron chi connectivity index (χ3n) is 3.40. The lowest BCUT2D eigenvalue weighted by Crippen LogP contribution is -2.67. The summed E-state index contributed by atoms with van der Waals surface area (Å²) in [5.41, 5.74) is -0.625. The van der Waals surface area contributed by atoms with Gasteiger partial charge >= 0.3 is 6.18 Å². The third-order valence-corrected chi connectivity index (χ3v) is 3.40. The summed E-state index contributed by atoms with van der Waals surface area (Å²) in [6.45, 7) is 3.16. The topological polar surface area (TPSA) is 19.4 Å². The molecule has 0 N–H and O–H groups in total. The van der Waals surface area contributed by atoms with Crippen molar-refractivity contribution in [2.24, 2.45) is 0 Å². The van der Waals surface area contributed by atoms with Gasteiger partial charge in [-0.1, -0.05) is 0 Å². The van der Waals surface area contributed by atoms with Crippen LogP contribution >= 0.6 is 0 Å². The summed E-state index contributed by atoms with van der Waals surface area (Å²) in [6.07, 6.45) is -2.90. The van der Waals surface area contributed by atoms with E-state index in [2.05, 4.69) is 9.88 Å². The number of rotatable bonds is 1. The standard InChI is InChI=1S/C11H12F3N3/c12-11(13,14)9-2-1-3-15-10(9)17-5-4-16-6-8(17)7-16/h1-3,8H,4-7H2. The van der Waals surface area contributed by atoms with E-state index in [1.807, 2.05) is 0 Å². The summed E-state index contributed by atoms with van der Waals surface area (Å²) in [7, 11) is 0. The zero-order valence-corrected chi connectivity index (χ0v) is 9.11. The highest BCUT2D eigenvalue weighted by Gasteiger charge is 2.42. The molecule has 17 heavy (non-hydrogen) atoms. The minimum atomic E-state index is -4.33. The lowest BCUT2D eigenvalue weighted by molar-refractivity contribution is -0.137. The number of hydrogen-bond acceptors (Lipinski definition) is 3. The molecular weight excluding hydrogens is 231 g/mol. The van der Waals surface area contributed by atoms with Crippen LogP contribution < -0.4 is 4.90 Å². The minimum absolute atomic E-state index is 0.0874. The van der Waals surface area contributed by atoms with Crippen molar-refractivity contribution in [3.63, 3.8) is 0 Å². The number of aromatic nitrogens is 1.